The minimum absolute atomic E-state index is 0.0349. The first kappa shape index (κ1) is 23.7. The summed E-state index contributed by atoms with van der Waals surface area (Å²) in [5.74, 6) is 0.946. The summed E-state index contributed by atoms with van der Waals surface area (Å²) in [5, 5.41) is 15.8. The molecule has 0 aliphatic carbocycles. The second-order valence-corrected chi connectivity index (χ2v) is 11.4. The number of sulfonamides is 1. The van der Waals surface area contributed by atoms with Crippen molar-refractivity contribution in [2.45, 2.75) is 23.7 Å². The molecule has 4 aromatic rings. The molecule has 12 heteroatoms. The van der Waals surface area contributed by atoms with Crippen LogP contribution in [0.15, 0.2) is 47.8 Å². The van der Waals surface area contributed by atoms with Crippen LogP contribution in [-0.4, -0.2) is 64.3 Å². The van der Waals surface area contributed by atoms with Crippen molar-refractivity contribution in [3.8, 4) is 11.1 Å². The van der Waals surface area contributed by atoms with Crippen molar-refractivity contribution in [3.63, 3.8) is 0 Å². The molecule has 0 spiro atoms. The average Bonchev–Trinajstić information content (AvgIpc) is 3.46. The van der Waals surface area contributed by atoms with E-state index < -0.39 is 10.0 Å². The van der Waals surface area contributed by atoms with Gasteiger partial charge in [0, 0.05) is 62.7 Å². The van der Waals surface area contributed by atoms with Crippen molar-refractivity contribution >= 4 is 38.8 Å². The standard InChI is InChI=1S/C23H27ClN8O2S/c1-30(2)35(33,34)21-9-17(6-7-19(21)24)28-22-10-20(15-5-4-8-25-11-15)29-23-18(13-27-32(22)23)16-12-26-31(3)14-16/h6-7,9-10,12-15,25,28H,4-5,8,11H2,1-3H3. The zero-order chi connectivity index (χ0) is 24.7. The number of benzene rings is 1. The Hall–Kier alpha value is -2.99. The van der Waals surface area contributed by atoms with Crippen LogP contribution in [-0.2, 0) is 17.1 Å². The van der Waals surface area contributed by atoms with Crippen LogP contribution < -0.4 is 10.6 Å². The van der Waals surface area contributed by atoms with E-state index in [2.05, 4.69) is 20.8 Å². The summed E-state index contributed by atoms with van der Waals surface area (Å²) >= 11 is 6.25. The first-order valence-corrected chi connectivity index (χ1v) is 13.1. The van der Waals surface area contributed by atoms with Gasteiger partial charge in [-0.1, -0.05) is 11.6 Å². The van der Waals surface area contributed by atoms with Crippen molar-refractivity contribution < 1.29 is 8.42 Å². The van der Waals surface area contributed by atoms with Crippen LogP contribution in [0.5, 0.6) is 0 Å². The van der Waals surface area contributed by atoms with Crippen molar-refractivity contribution in [2.75, 3.05) is 32.5 Å². The molecule has 0 bridgehead atoms. The molecule has 1 saturated heterocycles. The van der Waals surface area contributed by atoms with Crippen LogP contribution in [0.4, 0.5) is 11.5 Å². The Labute approximate surface area is 209 Å². The first-order chi connectivity index (χ1) is 16.7. The number of hydrogen-bond acceptors (Lipinski definition) is 7. The quantitative estimate of drug-likeness (QED) is 0.406. The van der Waals surface area contributed by atoms with Crippen molar-refractivity contribution in [1.82, 2.24) is 34.0 Å². The molecule has 3 aromatic heterocycles. The van der Waals surface area contributed by atoms with E-state index >= 15 is 0 Å². The van der Waals surface area contributed by atoms with E-state index in [-0.39, 0.29) is 15.8 Å². The van der Waals surface area contributed by atoms with E-state index in [9.17, 15) is 8.42 Å². The Balaban J connectivity index is 1.62. The van der Waals surface area contributed by atoms with Crippen LogP contribution in [0.3, 0.4) is 0 Å². The van der Waals surface area contributed by atoms with Gasteiger partial charge in [-0.25, -0.2) is 17.7 Å². The molecule has 10 nitrogen and oxygen atoms in total. The third-order valence-corrected chi connectivity index (χ3v) is 8.48. The molecular weight excluding hydrogens is 488 g/mol. The molecule has 1 aromatic carbocycles. The number of halogens is 1. The van der Waals surface area contributed by atoms with Crippen LogP contribution in [0, 0.1) is 0 Å². The Morgan fingerprint density at radius 1 is 1.20 bits per heavy atom. The molecule has 5 rings (SSSR count). The topological polar surface area (TPSA) is 109 Å². The van der Waals surface area contributed by atoms with Crippen LogP contribution in [0.25, 0.3) is 16.8 Å². The maximum atomic E-state index is 12.8. The van der Waals surface area contributed by atoms with Gasteiger partial charge in [-0.2, -0.15) is 14.7 Å². The predicted molar refractivity (Wildman–Crippen MR) is 136 cm³/mol. The zero-order valence-electron chi connectivity index (χ0n) is 19.7. The largest absolute Gasteiger partial charge is 0.340 e. The zero-order valence-corrected chi connectivity index (χ0v) is 21.3. The number of hydrogen-bond donors (Lipinski definition) is 2. The van der Waals surface area contributed by atoms with Gasteiger partial charge in [-0.15, -0.1) is 0 Å². The molecule has 0 amide bonds. The molecule has 1 fully saturated rings. The molecule has 1 unspecified atom stereocenters. The first-order valence-electron chi connectivity index (χ1n) is 11.3. The number of aromatic nitrogens is 5. The number of piperidine rings is 1. The van der Waals surface area contributed by atoms with Gasteiger partial charge >= 0.3 is 0 Å². The number of rotatable bonds is 6. The molecule has 1 atom stereocenters. The molecule has 1 aliphatic heterocycles. The number of anilines is 2. The summed E-state index contributed by atoms with van der Waals surface area (Å²) in [6.07, 6.45) is 7.61. The third kappa shape index (κ3) is 4.52. The summed E-state index contributed by atoms with van der Waals surface area (Å²) < 4.78 is 30.1. The summed E-state index contributed by atoms with van der Waals surface area (Å²) in [6.45, 7) is 1.86. The Bertz CT molecular complexity index is 1490. The fraction of sp³-hybridized carbons (Fsp3) is 0.348. The van der Waals surface area contributed by atoms with E-state index in [0.29, 0.717) is 17.2 Å². The van der Waals surface area contributed by atoms with Gasteiger partial charge < -0.3 is 10.6 Å². The lowest BCUT2D eigenvalue weighted by atomic mass is 9.96. The van der Waals surface area contributed by atoms with E-state index in [1.807, 2.05) is 19.3 Å². The minimum Gasteiger partial charge on any atom is -0.340 e. The molecule has 35 heavy (non-hydrogen) atoms. The Morgan fingerprint density at radius 2 is 2.03 bits per heavy atom. The van der Waals surface area contributed by atoms with Crippen molar-refractivity contribution in [3.05, 3.63) is 53.6 Å². The molecule has 0 saturated carbocycles. The fourth-order valence-corrected chi connectivity index (χ4v) is 5.67. The summed E-state index contributed by atoms with van der Waals surface area (Å²) in [5.41, 5.74) is 4.03. The van der Waals surface area contributed by atoms with Gasteiger partial charge in [-0.3, -0.25) is 4.68 Å². The third-order valence-electron chi connectivity index (χ3n) is 6.18. The molecular formula is C23H27ClN8O2S. The van der Waals surface area contributed by atoms with Gasteiger partial charge in [0.2, 0.25) is 10.0 Å². The lowest BCUT2D eigenvalue weighted by molar-refractivity contribution is 0.455. The van der Waals surface area contributed by atoms with Gasteiger partial charge in [0.15, 0.2) is 5.65 Å². The van der Waals surface area contributed by atoms with E-state index in [0.717, 1.165) is 47.1 Å². The molecule has 2 N–H and O–H groups in total. The maximum absolute atomic E-state index is 12.8. The van der Waals surface area contributed by atoms with Gasteiger partial charge in [0.05, 0.1) is 23.1 Å². The smallest absolute Gasteiger partial charge is 0.244 e. The van der Waals surface area contributed by atoms with E-state index in [1.165, 1.54) is 20.2 Å². The molecule has 1 aliphatic rings. The Kier molecular flexibility index (Phi) is 6.26. The van der Waals surface area contributed by atoms with Gasteiger partial charge in [0.1, 0.15) is 10.7 Å². The fourth-order valence-electron chi connectivity index (χ4n) is 4.27. The number of fused-ring (bicyclic) bond motifs is 1. The van der Waals surface area contributed by atoms with Crippen molar-refractivity contribution in [1.29, 1.82) is 0 Å². The van der Waals surface area contributed by atoms with Gasteiger partial charge in [-0.05, 0) is 37.6 Å². The van der Waals surface area contributed by atoms with Crippen molar-refractivity contribution in [2.24, 2.45) is 7.05 Å². The molecule has 0 radical (unpaired) electrons. The minimum atomic E-state index is -3.71. The maximum Gasteiger partial charge on any atom is 0.244 e. The molecule has 184 valence electrons. The number of nitrogens with zero attached hydrogens (tertiary/aromatic N) is 6. The molecule has 4 heterocycles. The van der Waals surface area contributed by atoms with Gasteiger partial charge in [0.25, 0.3) is 0 Å². The Morgan fingerprint density at radius 3 is 2.71 bits per heavy atom. The summed E-state index contributed by atoms with van der Waals surface area (Å²) in [6, 6.07) is 6.85. The summed E-state index contributed by atoms with van der Waals surface area (Å²) in [7, 11) is 1.12. The van der Waals surface area contributed by atoms with Crippen LogP contribution >= 0.6 is 11.6 Å². The lowest BCUT2D eigenvalue weighted by Crippen LogP contribution is -2.29. The highest BCUT2D eigenvalue weighted by Gasteiger charge is 2.23. The van der Waals surface area contributed by atoms with E-state index in [1.54, 1.807) is 33.7 Å². The average molecular weight is 515 g/mol. The monoisotopic (exact) mass is 514 g/mol. The summed E-state index contributed by atoms with van der Waals surface area (Å²) in [4.78, 5) is 5.04. The second-order valence-electron chi connectivity index (χ2n) is 8.86. The number of nitrogens with one attached hydrogen (secondary N) is 2. The lowest BCUT2D eigenvalue weighted by Gasteiger charge is -2.23. The van der Waals surface area contributed by atoms with Crippen LogP contribution in [0.1, 0.15) is 24.5 Å². The normalized spacial score (nSPS) is 16.8. The predicted octanol–water partition coefficient (Wildman–Crippen LogP) is 3.24. The highest BCUT2D eigenvalue weighted by Crippen LogP contribution is 2.32. The SMILES string of the molecule is CN(C)S(=O)(=O)c1cc(Nc2cc(C3CCCNC3)nc3c(-c4cnn(C)c4)cnn23)ccc1Cl. The highest BCUT2D eigenvalue weighted by molar-refractivity contribution is 7.89. The van der Waals surface area contributed by atoms with Crippen LogP contribution in [0.2, 0.25) is 5.02 Å². The highest BCUT2D eigenvalue weighted by atomic mass is 35.5. The number of aryl methyl sites for hydroxylation is 1. The second kappa shape index (κ2) is 9.23. The van der Waals surface area contributed by atoms with E-state index in [4.69, 9.17) is 16.6 Å².